The second-order valence-corrected chi connectivity index (χ2v) is 6.33. The number of aromatic carboxylic acids is 1. The monoisotopic (exact) mass is 342 g/mol. The summed E-state index contributed by atoms with van der Waals surface area (Å²) in [6, 6.07) is 11.6. The Hall–Kier alpha value is -2.83. The summed E-state index contributed by atoms with van der Waals surface area (Å²) in [7, 11) is 1.81. The Balaban J connectivity index is 1.54. The van der Waals surface area contributed by atoms with Gasteiger partial charge in [-0.05, 0) is 24.5 Å². The number of hydrogen-bond acceptors (Lipinski definition) is 3. The third-order valence-corrected chi connectivity index (χ3v) is 4.53. The number of benzene rings is 1. The Morgan fingerprint density at radius 1 is 1.20 bits per heavy atom. The summed E-state index contributed by atoms with van der Waals surface area (Å²) in [5, 5.41) is 13.1. The van der Waals surface area contributed by atoms with Crippen molar-refractivity contribution in [1.82, 2.24) is 19.6 Å². The van der Waals surface area contributed by atoms with Gasteiger partial charge in [0.25, 0.3) is 0 Å². The fourth-order valence-electron chi connectivity index (χ4n) is 3.14. The third-order valence-electron chi connectivity index (χ3n) is 4.53. The van der Waals surface area contributed by atoms with Crippen LogP contribution in [0.2, 0.25) is 0 Å². The number of carboxylic acids is 1. The van der Waals surface area contributed by atoms with Gasteiger partial charge >= 0.3 is 12.0 Å². The van der Waals surface area contributed by atoms with Crippen LogP contribution in [-0.4, -0.2) is 56.8 Å². The summed E-state index contributed by atoms with van der Waals surface area (Å²) in [5.74, 6) is -1.02. The molecule has 0 saturated carbocycles. The molecule has 1 aliphatic rings. The van der Waals surface area contributed by atoms with Gasteiger partial charge in [0.05, 0.1) is 6.04 Å². The number of likely N-dealkylation sites (tertiary alicyclic amines) is 1. The Labute approximate surface area is 146 Å². The number of carbonyl (C=O) groups is 2. The molecule has 0 aliphatic carbocycles. The summed E-state index contributed by atoms with van der Waals surface area (Å²) >= 11 is 0. The quantitative estimate of drug-likeness (QED) is 0.926. The van der Waals surface area contributed by atoms with Crippen molar-refractivity contribution in [2.24, 2.45) is 0 Å². The molecule has 0 radical (unpaired) electrons. The van der Waals surface area contributed by atoms with Crippen LogP contribution in [0.25, 0.3) is 0 Å². The molecule has 2 amide bonds. The maximum Gasteiger partial charge on any atom is 0.356 e. The first kappa shape index (κ1) is 17.0. The van der Waals surface area contributed by atoms with Gasteiger partial charge in [0.15, 0.2) is 5.69 Å². The van der Waals surface area contributed by atoms with Crippen molar-refractivity contribution < 1.29 is 14.7 Å². The Bertz CT molecular complexity index is 736. The molecule has 0 spiro atoms. The summed E-state index contributed by atoms with van der Waals surface area (Å²) < 4.78 is 1.71. The highest BCUT2D eigenvalue weighted by Crippen LogP contribution is 2.23. The van der Waals surface area contributed by atoms with Crippen LogP contribution in [0.4, 0.5) is 4.79 Å². The van der Waals surface area contributed by atoms with Crippen LogP contribution in [0, 0.1) is 0 Å². The molecule has 7 nitrogen and oxygen atoms in total. The molecule has 0 unspecified atom stereocenters. The molecule has 0 bridgehead atoms. The van der Waals surface area contributed by atoms with Gasteiger partial charge in [-0.3, -0.25) is 4.68 Å². The predicted molar refractivity (Wildman–Crippen MR) is 92.3 cm³/mol. The van der Waals surface area contributed by atoms with Crippen LogP contribution in [-0.2, 0) is 6.54 Å². The van der Waals surface area contributed by atoms with E-state index in [9.17, 15) is 9.59 Å². The van der Waals surface area contributed by atoms with Gasteiger partial charge in [-0.15, -0.1) is 0 Å². The summed E-state index contributed by atoms with van der Waals surface area (Å²) in [5.41, 5.74) is 1.16. The minimum atomic E-state index is -1.02. The molecule has 132 valence electrons. The molecule has 1 aromatic carbocycles. The van der Waals surface area contributed by atoms with Crippen LogP contribution in [0.3, 0.4) is 0 Å². The topological polar surface area (TPSA) is 78.7 Å². The number of rotatable bonds is 4. The van der Waals surface area contributed by atoms with Crippen LogP contribution in [0.1, 0.15) is 34.9 Å². The lowest BCUT2D eigenvalue weighted by Gasteiger charge is -2.34. The molecule has 25 heavy (non-hydrogen) atoms. The van der Waals surface area contributed by atoms with E-state index in [4.69, 9.17) is 5.11 Å². The zero-order valence-electron chi connectivity index (χ0n) is 14.2. The van der Waals surface area contributed by atoms with Crippen LogP contribution in [0.5, 0.6) is 0 Å². The van der Waals surface area contributed by atoms with Crippen molar-refractivity contribution in [3.8, 4) is 0 Å². The van der Waals surface area contributed by atoms with Crippen LogP contribution < -0.4 is 0 Å². The average molecular weight is 342 g/mol. The fourth-order valence-corrected chi connectivity index (χ4v) is 3.14. The van der Waals surface area contributed by atoms with Crippen molar-refractivity contribution in [1.29, 1.82) is 0 Å². The zero-order valence-corrected chi connectivity index (χ0v) is 14.2. The van der Waals surface area contributed by atoms with Crippen LogP contribution in [0.15, 0.2) is 42.6 Å². The van der Waals surface area contributed by atoms with E-state index in [1.54, 1.807) is 15.8 Å². The second-order valence-electron chi connectivity index (χ2n) is 6.33. The highest BCUT2D eigenvalue weighted by atomic mass is 16.4. The van der Waals surface area contributed by atoms with Crippen molar-refractivity contribution in [3.63, 3.8) is 0 Å². The average Bonchev–Trinajstić information content (AvgIpc) is 3.12. The molecule has 0 atom stereocenters. The van der Waals surface area contributed by atoms with Gasteiger partial charge in [0.1, 0.15) is 0 Å². The smallest absolute Gasteiger partial charge is 0.356 e. The van der Waals surface area contributed by atoms with Gasteiger partial charge in [-0.2, -0.15) is 5.10 Å². The number of aromatic nitrogens is 2. The number of amides is 2. The number of carboxylic acid groups (broad SMARTS) is 1. The third kappa shape index (κ3) is 3.99. The second kappa shape index (κ2) is 7.38. The lowest BCUT2D eigenvalue weighted by atomic mass is 10.1. The molecule has 1 fully saturated rings. The molecule has 7 heteroatoms. The minimum absolute atomic E-state index is 0.0222. The molecule has 1 N–H and O–H groups in total. The lowest BCUT2D eigenvalue weighted by Crippen LogP contribution is -2.45. The van der Waals surface area contributed by atoms with E-state index in [0.29, 0.717) is 19.6 Å². The molecule has 1 aliphatic heterocycles. The number of piperidine rings is 1. The fraction of sp³-hybridized carbons (Fsp3) is 0.389. The normalized spacial score (nSPS) is 15.2. The summed E-state index contributed by atoms with van der Waals surface area (Å²) in [6.07, 6.45) is 3.24. The van der Waals surface area contributed by atoms with E-state index in [0.717, 1.165) is 18.4 Å². The summed E-state index contributed by atoms with van der Waals surface area (Å²) in [6.45, 7) is 1.87. The van der Waals surface area contributed by atoms with E-state index in [1.165, 1.54) is 6.07 Å². The number of hydrogen-bond donors (Lipinski definition) is 1. The molecular formula is C18H22N4O3. The van der Waals surface area contributed by atoms with Crippen molar-refractivity contribution in [3.05, 3.63) is 53.9 Å². The van der Waals surface area contributed by atoms with Crippen molar-refractivity contribution >= 4 is 12.0 Å². The molecule has 1 saturated heterocycles. The predicted octanol–water partition coefficient (Wildman–Crippen LogP) is 2.47. The Morgan fingerprint density at radius 2 is 1.88 bits per heavy atom. The minimum Gasteiger partial charge on any atom is -0.476 e. The first-order valence-corrected chi connectivity index (χ1v) is 8.37. The molecule has 3 rings (SSSR count). The van der Waals surface area contributed by atoms with Gasteiger partial charge in [0, 0.05) is 32.9 Å². The van der Waals surface area contributed by atoms with Crippen molar-refractivity contribution in [2.45, 2.75) is 25.4 Å². The SMILES string of the molecule is CN(Cc1ccccc1)C(=O)N1CCC(n2ccc(C(=O)O)n2)CC1. The number of nitrogens with zero attached hydrogens (tertiary/aromatic N) is 4. The van der Waals surface area contributed by atoms with Crippen LogP contribution >= 0.6 is 0 Å². The Kier molecular flexibility index (Phi) is 5.02. The standard InChI is InChI=1S/C18H22N4O3/c1-20(13-14-5-3-2-4-6-14)18(25)21-10-7-15(8-11-21)22-12-9-16(19-22)17(23)24/h2-6,9,12,15H,7-8,10-11,13H2,1H3,(H,23,24). The van der Waals surface area contributed by atoms with Gasteiger partial charge in [0.2, 0.25) is 0 Å². The first-order chi connectivity index (χ1) is 12.0. The molecule has 2 aromatic rings. The van der Waals surface area contributed by atoms with Gasteiger partial charge < -0.3 is 14.9 Å². The highest BCUT2D eigenvalue weighted by molar-refractivity contribution is 5.85. The van der Waals surface area contributed by atoms with E-state index in [-0.39, 0.29) is 17.8 Å². The largest absolute Gasteiger partial charge is 0.476 e. The Morgan fingerprint density at radius 3 is 2.48 bits per heavy atom. The lowest BCUT2D eigenvalue weighted by molar-refractivity contribution is 0.0688. The number of carbonyl (C=O) groups excluding carboxylic acids is 1. The summed E-state index contributed by atoms with van der Waals surface area (Å²) in [4.78, 5) is 27.1. The molecule has 2 heterocycles. The molecular weight excluding hydrogens is 320 g/mol. The van der Waals surface area contributed by atoms with E-state index in [2.05, 4.69) is 5.10 Å². The van der Waals surface area contributed by atoms with E-state index >= 15 is 0 Å². The first-order valence-electron chi connectivity index (χ1n) is 8.37. The van der Waals surface area contributed by atoms with Gasteiger partial charge in [-0.25, -0.2) is 9.59 Å². The number of urea groups is 1. The highest BCUT2D eigenvalue weighted by Gasteiger charge is 2.26. The van der Waals surface area contributed by atoms with Crippen molar-refractivity contribution in [2.75, 3.05) is 20.1 Å². The van der Waals surface area contributed by atoms with E-state index < -0.39 is 5.97 Å². The maximum atomic E-state index is 12.6. The van der Waals surface area contributed by atoms with E-state index in [1.807, 2.05) is 42.3 Å². The van der Waals surface area contributed by atoms with Gasteiger partial charge in [-0.1, -0.05) is 30.3 Å². The zero-order chi connectivity index (χ0) is 17.8. The maximum absolute atomic E-state index is 12.6. The molecule has 1 aromatic heterocycles.